The van der Waals surface area contributed by atoms with Crippen molar-refractivity contribution in [3.05, 3.63) is 41.7 Å². The largest absolute Gasteiger partial charge is 0.491 e. The Balaban J connectivity index is 1.89. The quantitative estimate of drug-likeness (QED) is 0.616. The second kappa shape index (κ2) is 7.89. The van der Waals surface area contributed by atoms with Gasteiger partial charge in [0.1, 0.15) is 18.1 Å². The highest BCUT2D eigenvalue weighted by Crippen LogP contribution is 2.19. The number of rotatable bonds is 7. The number of esters is 1. The van der Waals surface area contributed by atoms with Gasteiger partial charge < -0.3 is 14.8 Å². The fourth-order valence-electron chi connectivity index (χ4n) is 2.09. The summed E-state index contributed by atoms with van der Waals surface area (Å²) in [5.41, 5.74) is 0.944. The minimum atomic E-state index is -0.346. The summed E-state index contributed by atoms with van der Waals surface area (Å²) in [6.07, 6.45) is 4.40. The average molecular weight is 321 g/mol. The van der Waals surface area contributed by atoms with Crippen LogP contribution in [-0.2, 0) is 20.9 Å². The van der Waals surface area contributed by atoms with Crippen molar-refractivity contribution in [3.8, 4) is 5.75 Å². The van der Waals surface area contributed by atoms with Gasteiger partial charge in [-0.05, 0) is 36.1 Å². The van der Waals surface area contributed by atoms with Gasteiger partial charge in [0.2, 0.25) is 5.91 Å². The van der Waals surface area contributed by atoms with Gasteiger partial charge in [-0.1, -0.05) is 12.1 Å². The molecule has 1 unspecified atom stereocenters. The Morgan fingerprint density at radius 3 is 2.68 bits per heavy atom. The van der Waals surface area contributed by atoms with E-state index in [1.165, 1.54) is 13.0 Å². The lowest BCUT2D eigenvalue weighted by atomic mass is 10.2. The molecule has 0 saturated heterocycles. The van der Waals surface area contributed by atoms with Crippen molar-refractivity contribution in [1.82, 2.24) is 5.32 Å². The maximum atomic E-state index is 11.5. The molecule has 6 heteroatoms. The van der Waals surface area contributed by atoms with Gasteiger partial charge in [0.15, 0.2) is 0 Å². The van der Waals surface area contributed by atoms with E-state index in [9.17, 15) is 9.59 Å². The van der Waals surface area contributed by atoms with E-state index in [2.05, 4.69) is 5.32 Å². The van der Waals surface area contributed by atoms with Gasteiger partial charge in [0.05, 0.1) is 6.04 Å². The molecule has 0 fully saturated rings. The van der Waals surface area contributed by atoms with Gasteiger partial charge in [-0.25, -0.2) is 0 Å². The van der Waals surface area contributed by atoms with Crippen LogP contribution in [0.4, 0.5) is 0 Å². The van der Waals surface area contributed by atoms with Crippen molar-refractivity contribution < 1.29 is 19.1 Å². The van der Waals surface area contributed by atoms with E-state index in [-0.39, 0.29) is 17.9 Å². The van der Waals surface area contributed by atoms with Crippen LogP contribution in [0.15, 0.2) is 36.1 Å². The maximum Gasteiger partial charge on any atom is 0.308 e. The summed E-state index contributed by atoms with van der Waals surface area (Å²) in [6, 6.07) is 7.07. The summed E-state index contributed by atoms with van der Waals surface area (Å²) in [4.78, 5) is 22.3. The summed E-state index contributed by atoms with van der Waals surface area (Å²) >= 11 is 1.74. The third kappa shape index (κ3) is 4.80. The molecule has 5 nitrogen and oxygen atoms in total. The molecule has 2 rings (SSSR count). The molecule has 118 valence electrons. The van der Waals surface area contributed by atoms with Gasteiger partial charge in [-0.3, -0.25) is 9.59 Å². The minimum Gasteiger partial charge on any atom is -0.491 e. The highest BCUT2D eigenvalue weighted by Gasteiger charge is 2.24. The third-order valence-electron chi connectivity index (χ3n) is 3.13. The number of hydrogen-bond acceptors (Lipinski definition) is 5. The van der Waals surface area contributed by atoms with Crippen LogP contribution in [0.1, 0.15) is 18.9 Å². The van der Waals surface area contributed by atoms with E-state index < -0.39 is 0 Å². The lowest BCUT2D eigenvalue weighted by Crippen LogP contribution is -2.29. The summed E-state index contributed by atoms with van der Waals surface area (Å²) < 4.78 is 10.7. The first-order valence-electron chi connectivity index (χ1n) is 6.99. The standard InChI is InChI=1S/C16H19NO4S/c1-11(18)21-13-5-3-12(4-6-13)10-20-15-9-16(19)17-14(15)7-8-22-2/h3-6,9,14H,7-8,10H2,1-2H3,(H,17,19). The number of thioether (sulfide) groups is 1. The van der Waals surface area contributed by atoms with Crippen LogP contribution in [0.3, 0.4) is 0 Å². The van der Waals surface area contributed by atoms with Gasteiger partial charge in [0.25, 0.3) is 0 Å². The highest BCUT2D eigenvalue weighted by molar-refractivity contribution is 7.98. The SMILES string of the molecule is CSCCC1NC(=O)C=C1OCc1ccc(OC(C)=O)cc1. The number of nitrogens with one attached hydrogen (secondary N) is 1. The molecule has 0 aliphatic carbocycles. The van der Waals surface area contributed by atoms with Crippen LogP contribution < -0.4 is 10.1 Å². The molecule has 22 heavy (non-hydrogen) atoms. The van der Waals surface area contributed by atoms with Crippen molar-refractivity contribution in [2.75, 3.05) is 12.0 Å². The zero-order valence-corrected chi connectivity index (χ0v) is 13.4. The van der Waals surface area contributed by atoms with Crippen LogP contribution in [0.5, 0.6) is 5.75 Å². The highest BCUT2D eigenvalue weighted by atomic mass is 32.2. The maximum absolute atomic E-state index is 11.5. The molecule has 0 spiro atoms. The predicted octanol–water partition coefficient (Wildman–Crippen LogP) is 2.26. The third-order valence-corrected chi connectivity index (χ3v) is 3.78. The van der Waals surface area contributed by atoms with E-state index in [1.807, 2.05) is 18.4 Å². The summed E-state index contributed by atoms with van der Waals surface area (Å²) in [7, 11) is 0. The minimum absolute atomic E-state index is 0.0414. The topological polar surface area (TPSA) is 64.6 Å². The van der Waals surface area contributed by atoms with Crippen molar-refractivity contribution in [1.29, 1.82) is 0 Å². The zero-order chi connectivity index (χ0) is 15.9. The lowest BCUT2D eigenvalue weighted by Gasteiger charge is -2.15. The first-order valence-corrected chi connectivity index (χ1v) is 8.39. The Labute approximate surface area is 134 Å². The van der Waals surface area contributed by atoms with E-state index in [0.717, 1.165) is 17.7 Å². The van der Waals surface area contributed by atoms with E-state index in [0.29, 0.717) is 18.1 Å². The number of benzene rings is 1. The summed E-state index contributed by atoms with van der Waals surface area (Å²) in [5.74, 6) is 1.70. The van der Waals surface area contributed by atoms with E-state index in [4.69, 9.17) is 9.47 Å². The predicted molar refractivity (Wildman–Crippen MR) is 85.6 cm³/mol. The van der Waals surface area contributed by atoms with Gasteiger partial charge >= 0.3 is 5.97 Å². The molecule has 1 N–H and O–H groups in total. The molecule has 0 saturated carbocycles. The first-order chi connectivity index (χ1) is 10.6. The van der Waals surface area contributed by atoms with Crippen LogP contribution in [-0.4, -0.2) is 29.9 Å². The number of ether oxygens (including phenoxy) is 2. The number of hydrogen-bond donors (Lipinski definition) is 1. The zero-order valence-electron chi connectivity index (χ0n) is 12.6. The van der Waals surface area contributed by atoms with E-state index >= 15 is 0 Å². The smallest absolute Gasteiger partial charge is 0.308 e. The molecule has 1 aromatic rings. The molecule has 0 aromatic heterocycles. The van der Waals surface area contributed by atoms with Crippen molar-refractivity contribution in [3.63, 3.8) is 0 Å². The van der Waals surface area contributed by atoms with Crippen LogP contribution in [0.2, 0.25) is 0 Å². The van der Waals surface area contributed by atoms with Gasteiger partial charge in [-0.15, -0.1) is 0 Å². The molecule has 1 aliphatic rings. The molecular weight excluding hydrogens is 302 g/mol. The van der Waals surface area contributed by atoms with Gasteiger partial charge in [-0.2, -0.15) is 11.8 Å². The van der Waals surface area contributed by atoms with Crippen LogP contribution in [0, 0.1) is 0 Å². The molecule has 1 aliphatic heterocycles. The number of carbonyl (C=O) groups excluding carboxylic acids is 2. The van der Waals surface area contributed by atoms with E-state index in [1.54, 1.807) is 23.9 Å². The first kappa shape index (κ1) is 16.4. The monoisotopic (exact) mass is 321 g/mol. The Morgan fingerprint density at radius 2 is 2.05 bits per heavy atom. The number of amides is 1. The fourth-order valence-corrected chi connectivity index (χ4v) is 2.56. The fraction of sp³-hybridized carbons (Fsp3) is 0.375. The summed E-state index contributed by atoms with van der Waals surface area (Å²) in [5, 5.41) is 2.88. The molecule has 1 heterocycles. The summed E-state index contributed by atoms with van der Waals surface area (Å²) in [6.45, 7) is 1.74. The molecule has 1 aromatic carbocycles. The lowest BCUT2D eigenvalue weighted by molar-refractivity contribution is -0.131. The Hall–Kier alpha value is -1.95. The molecule has 1 amide bonds. The Kier molecular flexibility index (Phi) is 5.89. The Morgan fingerprint density at radius 1 is 1.32 bits per heavy atom. The van der Waals surface area contributed by atoms with Crippen molar-refractivity contribution in [2.24, 2.45) is 0 Å². The van der Waals surface area contributed by atoms with Gasteiger partial charge in [0, 0.05) is 13.0 Å². The van der Waals surface area contributed by atoms with Crippen molar-refractivity contribution >= 4 is 23.6 Å². The molecule has 0 bridgehead atoms. The number of carbonyl (C=O) groups is 2. The second-order valence-corrected chi connectivity index (χ2v) is 5.90. The van der Waals surface area contributed by atoms with Crippen molar-refractivity contribution in [2.45, 2.75) is 26.0 Å². The van der Waals surface area contributed by atoms with Crippen LogP contribution in [0.25, 0.3) is 0 Å². The molecule has 0 radical (unpaired) electrons. The van der Waals surface area contributed by atoms with Crippen LogP contribution >= 0.6 is 11.8 Å². The Bertz CT molecular complexity index is 568. The molecule has 1 atom stereocenters. The second-order valence-electron chi connectivity index (χ2n) is 4.92. The normalized spacial score (nSPS) is 16.9. The molecular formula is C16H19NO4S. The average Bonchev–Trinajstić information content (AvgIpc) is 2.84.